The summed E-state index contributed by atoms with van der Waals surface area (Å²) in [5, 5.41) is 10.4. The first-order chi connectivity index (χ1) is 7.62. The summed E-state index contributed by atoms with van der Waals surface area (Å²) in [6.45, 7) is 1.91. The molecule has 0 radical (unpaired) electrons. The zero-order chi connectivity index (χ0) is 11.6. The average molecular weight is 220 g/mol. The Morgan fingerprint density at radius 1 is 1.31 bits per heavy atom. The van der Waals surface area contributed by atoms with E-state index in [9.17, 15) is 5.11 Å². The van der Waals surface area contributed by atoms with E-state index in [0.29, 0.717) is 5.92 Å². The normalized spacial score (nSPS) is 19.9. The highest BCUT2D eigenvalue weighted by Crippen LogP contribution is 2.38. The van der Waals surface area contributed by atoms with Gasteiger partial charge in [-0.2, -0.15) is 0 Å². The van der Waals surface area contributed by atoms with Crippen LogP contribution in [0, 0.1) is 5.92 Å². The molecule has 2 nitrogen and oxygen atoms in total. The lowest BCUT2D eigenvalue weighted by atomic mass is 9.76. The molecule has 1 aliphatic carbocycles. The highest BCUT2D eigenvalue weighted by molar-refractivity contribution is 5.30. The van der Waals surface area contributed by atoms with Gasteiger partial charge in [-0.25, -0.2) is 0 Å². The molecule has 1 aliphatic rings. The van der Waals surface area contributed by atoms with Crippen LogP contribution in [0.4, 0.5) is 0 Å². The minimum atomic E-state index is -0.697. The fourth-order valence-corrected chi connectivity index (χ4v) is 2.33. The van der Waals surface area contributed by atoms with Gasteiger partial charge in [-0.15, -0.1) is 0 Å². The molecule has 0 amide bonds. The van der Waals surface area contributed by atoms with Gasteiger partial charge in [0.1, 0.15) is 5.75 Å². The molecule has 0 spiro atoms. The molecule has 0 aliphatic heterocycles. The summed E-state index contributed by atoms with van der Waals surface area (Å²) in [5.41, 5.74) is 0.289. The van der Waals surface area contributed by atoms with Gasteiger partial charge < -0.3 is 9.84 Å². The molecule has 0 saturated heterocycles. The monoisotopic (exact) mass is 220 g/mol. The highest BCUT2D eigenvalue weighted by Gasteiger charge is 2.30. The molecular formula is C14H20O2. The first-order valence-corrected chi connectivity index (χ1v) is 5.99. The molecule has 1 atom stereocenters. The molecule has 2 heteroatoms. The molecule has 0 heterocycles. The van der Waals surface area contributed by atoms with E-state index in [2.05, 4.69) is 0 Å². The van der Waals surface area contributed by atoms with E-state index < -0.39 is 5.60 Å². The second kappa shape index (κ2) is 4.46. The van der Waals surface area contributed by atoms with Gasteiger partial charge in [-0.3, -0.25) is 0 Å². The Labute approximate surface area is 97.3 Å². The van der Waals surface area contributed by atoms with Crippen molar-refractivity contribution >= 4 is 0 Å². The van der Waals surface area contributed by atoms with Crippen molar-refractivity contribution in [1.29, 1.82) is 0 Å². The first kappa shape index (κ1) is 11.5. The molecule has 1 aromatic rings. The van der Waals surface area contributed by atoms with Crippen LogP contribution in [0.1, 0.15) is 38.2 Å². The summed E-state index contributed by atoms with van der Waals surface area (Å²) >= 11 is 0. The van der Waals surface area contributed by atoms with Gasteiger partial charge in [0.25, 0.3) is 0 Å². The Bertz CT molecular complexity index is 336. The van der Waals surface area contributed by atoms with Crippen molar-refractivity contribution in [2.75, 3.05) is 7.11 Å². The maximum atomic E-state index is 10.4. The Morgan fingerprint density at radius 3 is 2.38 bits per heavy atom. The Kier molecular flexibility index (Phi) is 3.20. The Hall–Kier alpha value is -1.02. The number of ether oxygens (including phenoxy) is 1. The summed E-state index contributed by atoms with van der Waals surface area (Å²) in [6.07, 6.45) is 4.74. The SMILES string of the molecule is COc1ccc(C(C)(O)CC2CCC2)cc1. The van der Waals surface area contributed by atoms with Crippen LogP contribution < -0.4 is 4.74 Å². The van der Waals surface area contributed by atoms with Gasteiger partial charge in [0.05, 0.1) is 12.7 Å². The largest absolute Gasteiger partial charge is 0.497 e. The van der Waals surface area contributed by atoms with Crippen LogP contribution in [0.15, 0.2) is 24.3 Å². The second-order valence-electron chi connectivity index (χ2n) is 5.00. The molecular weight excluding hydrogens is 200 g/mol. The van der Waals surface area contributed by atoms with E-state index in [-0.39, 0.29) is 0 Å². The molecule has 1 fully saturated rings. The zero-order valence-corrected chi connectivity index (χ0v) is 10.1. The van der Waals surface area contributed by atoms with Gasteiger partial charge in [0.2, 0.25) is 0 Å². The fraction of sp³-hybridized carbons (Fsp3) is 0.571. The van der Waals surface area contributed by atoms with Crippen LogP contribution >= 0.6 is 0 Å². The third kappa shape index (κ3) is 2.38. The van der Waals surface area contributed by atoms with Gasteiger partial charge in [-0.1, -0.05) is 31.4 Å². The predicted molar refractivity (Wildman–Crippen MR) is 64.5 cm³/mol. The third-order valence-corrected chi connectivity index (χ3v) is 3.62. The molecule has 0 aromatic heterocycles. The fourth-order valence-electron chi connectivity index (χ4n) is 2.33. The van der Waals surface area contributed by atoms with Crippen LogP contribution in [0.2, 0.25) is 0 Å². The van der Waals surface area contributed by atoms with E-state index in [1.165, 1.54) is 19.3 Å². The van der Waals surface area contributed by atoms with Crippen LogP contribution in [-0.2, 0) is 5.60 Å². The number of rotatable bonds is 4. The minimum absolute atomic E-state index is 0.697. The minimum Gasteiger partial charge on any atom is -0.497 e. The molecule has 16 heavy (non-hydrogen) atoms. The maximum absolute atomic E-state index is 10.4. The van der Waals surface area contributed by atoms with Gasteiger partial charge in [-0.05, 0) is 37.0 Å². The number of hydrogen-bond donors (Lipinski definition) is 1. The lowest BCUT2D eigenvalue weighted by Crippen LogP contribution is -2.27. The van der Waals surface area contributed by atoms with Gasteiger partial charge >= 0.3 is 0 Å². The molecule has 1 N–H and O–H groups in total. The number of hydrogen-bond acceptors (Lipinski definition) is 2. The van der Waals surface area contributed by atoms with Crippen LogP contribution in [0.5, 0.6) is 5.75 Å². The molecule has 88 valence electrons. The smallest absolute Gasteiger partial charge is 0.118 e. The van der Waals surface area contributed by atoms with E-state index >= 15 is 0 Å². The molecule has 1 saturated carbocycles. The Balaban J connectivity index is 2.07. The quantitative estimate of drug-likeness (QED) is 0.845. The van der Waals surface area contributed by atoms with E-state index in [1.807, 2.05) is 31.2 Å². The summed E-state index contributed by atoms with van der Waals surface area (Å²) in [6, 6.07) is 7.73. The topological polar surface area (TPSA) is 29.5 Å². The Morgan fingerprint density at radius 2 is 1.94 bits per heavy atom. The third-order valence-electron chi connectivity index (χ3n) is 3.62. The van der Waals surface area contributed by atoms with Gasteiger partial charge in [0.15, 0.2) is 0 Å². The summed E-state index contributed by atoms with van der Waals surface area (Å²) in [5.74, 6) is 1.54. The second-order valence-corrected chi connectivity index (χ2v) is 5.00. The first-order valence-electron chi connectivity index (χ1n) is 5.99. The number of methoxy groups -OCH3 is 1. The zero-order valence-electron chi connectivity index (χ0n) is 10.1. The molecule has 1 aromatic carbocycles. The summed E-state index contributed by atoms with van der Waals surface area (Å²) in [4.78, 5) is 0. The highest BCUT2D eigenvalue weighted by atomic mass is 16.5. The lowest BCUT2D eigenvalue weighted by molar-refractivity contribution is 0.0161. The van der Waals surface area contributed by atoms with Crippen LogP contribution in [0.3, 0.4) is 0 Å². The average Bonchev–Trinajstić information content (AvgIpc) is 2.24. The summed E-state index contributed by atoms with van der Waals surface area (Å²) in [7, 11) is 1.65. The van der Waals surface area contributed by atoms with Crippen LogP contribution in [-0.4, -0.2) is 12.2 Å². The standard InChI is InChI=1S/C14H20O2/c1-14(15,10-11-4-3-5-11)12-6-8-13(16-2)9-7-12/h6-9,11,15H,3-5,10H2,1-2H3. The number of aliphatic hydroxyl groups is 1. The lowest BCUT2D eigenvalue weighted by Gasteiger charge is -2.33. The maximum Gasteiger partial charge on any atom is 0.118 e. The van der Waals surface area contributed by atoms with Crippen molar-refractivity contribution in [3.63, 3.8) is 0 Å². The van der Waals surface area contributed by atoms with Crippen LogP contribution in [0.25, 0.3) is 0 Å². The van der Waals surface area contributed by atoms with E-state index in [4.69, 9.17) is 4.74 Å². The van der Waals surface area contributed by atoms with Crippen molar-refractivity contribution in [2.24, 2.45) is 5.92 Å². The van der Waals surface area contributed by atoms with Crippen molar-refractivity contribution < 1.29 is 9.84 Å². The van der Waals surface area contributed by atoms with Gasteiger partial charge in [0, 0.05) is 0 Å². The van der Waals surface area contributed by atoms with E-state index in [1.54, 1.807) is 7.11 Å². The number of benzene rings is 1. The van der Waals surface area contributed by atoms with E-state index in [0.717, 1.165) is 17.7 Å². The summed E-state index contributed by atoms with van der Waals surface area (Å²) < 4.78 is 5.11. The van der Waals surface area contributed by atoms with Crippen molar-refractivity contribution in [3.8, 4) is 5.75 Å². The van der Waals surface area contributed by atoms with Crippen molar-refractivity contribution in [2.45, 2.75) is 38.2 Å². The predicted octanol–water partition coefficient (Wildman–Crippen LogP) is 3.09. The molecule has 0 bridgehead atoms. The molecule has 1 unspecified atom stereocenters. The molecule has 2 rings (SSSR count). The van der Waals surface area contributed by atoms with Crippen molar-refractivity contribution in [3.05, 3.63) is 29.8 Å². The van der Waals surface area contributed by atoms with Crippen molar-refractivity contribution in [1.82, 2.24) is 0 Å².